The second-order valence-electron chi connectivity index (χ2n) is 5.79. The van der Waals surface area contributed by atoms with Crippen LogP contribution in [0.2, 0.25) is 0 Å². The highest BCUT2D eigenvalue weighted by atomic mass is 16.5. The minimum absolute atomic E-state index is 0.468. The quantitative estimate of drug-likeness (QED) is 0.640. The Kier molecular flexibility index (Phi) is 2.85. The maximum absolute atomic E-state index is 5.52. The molecule has 82 valence electrons. The van der Waals surface area contributed by atoms with Gasteiger partial charge < -0.3 is 4.74 Å². The number of nitrogens with zero attached hydrogens (tertiary/aromatic N) is 1. The molecule has 0 radical (unpaired) electrons. The molecule has 2 nitrogen and oxygen atoms in total. The number of hydrogen-bond acceptors (Lipinski definition) is 2. The van der Waals surface area contributed by atoms with Gasteiger partial charge in [-0.15, -0.1) is 0 Å². The van der Waals surface area contributed by atoms with Gasteiger partial charge in [-0.05, 0) is 24.2 Å². The zero-order valence-electron chi connectivity index (χ0n) is 9.75. The summed E-state index contributed by atoms with van der Waals surface area (Å²) in [6.07, 6.45) is 4.42. The van der Waals surface area contributed by atoms with Gasteiger partial charge in [0.1, 0.15) is 6.23 Å². The molecule has 0 aromatic rings. The van der Waals surface area contributed by atoms with Crippen LogP contribution in [-0.2, 0) is 4.74 Å². The fourth-order valence-electron chi connectivity index (χ4n) is 2.56. The van der Waals surface area contributed by atoms with Crippen LogP contribution in [0.4, 0.5) is 0 Å². The van der Waals surface area contributed by atoms with E-state index in [1.165, 1.54) is 32.4 Å². The average molecular weight is 197 g/mol. The summed E-state index contributed by atoms with van der Waals surface area (Å²) in [7, 11) is 0. The first kappa shape index (κ1) is 10.4. The van der Waals surface area contributed by atoms with Crippen LogP contribution in [0.25, 0.3) is 0 Å². The lowest BCUT2D eigenvalue weighted by atomic mass is 9.75. The molecule has 14 heavy (non-hydrogen) atoms. The molecule has 0 aromatic carbocycles. The van der Waals surface area contributed by atoms with Crippen LogP contribution in [0.15, 0.2) is 0 Å². The lowest BCUT2D eigenvalue weighted by Gasteiger charge is -2.44. The van der Waals surface area contributed by atoms with Gasteiger partial charge in [0.15, 0.2) is 0 Å². The molecule has 2 aliphatic rings. The van der Waals surface area contributed by atoms with Crippen molar-refractivity contribution in [2.45, 2.75) is 46.3 Å². The van der Waals surface area contributed by atoms with Gasteiger partial charge in [-0.1, -0.05) is 20.8 Å². The molecule has 2 saturated heterocycles. The van der Waals surface area contributed by atoms with E-state index >= 15 is 0 Å². The van der Waals surface area contributed by atoms with Crippen LogP contribution >= 0.6 is 0 Å². The largest absolute Gasteiger partial charge is 0.363 e. The van der Waals surface area contributed by atoms with Gasteiger partial charge in [0.25, 0.3) is 0 Å². The lowest BCUT2D eigenvalue weighted by Crippen LogP contribution is -2.49. The minimum atomic E-state index is 0.468. The van der Waals surface area contributed by atoms with E-state index in [1.807, 2.05) is 0 Å². The summed E-state index contributed by atoms with van der Waals surface area (Å²) in [6, 6.07) is 0. The zero-order valence-corrected chi connectivity index (χ0v) is 9.75. The normalized spacial score (nSPS) is 31.5. The van der Waals surface area contributed by atoms with Crippen molar-refractivity contribution in [1.29, 1.82) is 0 Å². The molecular formula is C12H23NO. The van der Waals surface area contributed by atoms with E-state index < -0.39 is 0 Å². The molecule has 0 aromatic heterocycles. The summed E-state index contributed by atoms with van der Waals surface area (Å²) in [5.74, 6) is 0.902. The Morgan fingerprint density at radius 2 is 1.64 bits per heavy atom. The van der Waals surface area contributed by atoms with Crippen molar-refractivity contribution in [1.82, 2.24) is 4.90 Å². The first-order chi connectivity index (χ1) is 6.57. The topological polar surface area (TPSA) is 12.5 Å². The van der Waals surface area contributed by atoms with Crippen molar-refractivity contribution in [2.24, 2.45) is 11.3 Å². The van der Waals surface area contributed by atoms with E-state index in [-0.39, 0.29) is 0 Å². The predicted octanol–water partition coefficient (Wildman–Crippen LogP) is 2.49. The van der Waals surface area contributed by atoms with Crippen molar-refractivity contribution in [3.05, 3.63) is 0 Å². The Morgan fingerprint density at radius 1 is 1.07 bits per heavy atom. The first-order valence-electron chi connectivity index (χ1n) is 5.93. The molecule has 0 spiro atoms. The van der Waals surface area contributed by atoms with Crippen molar-refractivity contribution >= 4 is 0 Å². The van der Waals surface area contributed by atoms with Crippen LogP contribution in [0.1, 0.15) is 40.0 Å². The maximum atomic E-state index is 5.52. The van der Waals surface area contributed by atoms with Gasteiger partial charge in [0.2, 0.25) is 0 Å². The Labute approximate surface area is 87.6 Å². The van der Waals surface area contributed by atoms with Gasteiger partial charge in [-0.3, -0.25) is 4.90 Å². The number of likely N-dealkylation sites (tertiary alicyclic amines) is 1. The van der Waals surface area contributed by atoms with E-state index in [2.05, 4.69) is 25.7 Å². The summed E-state index contributed by atoms with van der Waals surface area (Å²) in [5.41, 5.74) is 0.493. The molecule has 0 bridgehead atoms. The molecular weight excluding hydrogens is 174 g/mol. The van der Waals surface area contributed by atoms with Crippen molar-refractivity contribution in [3.63, 3.8) is 0 Å². The molecule has 0 amide bonds. The molecule has 1 atom stereocenters. The van der Waals surface area contributed by atoms with Crippen LogP contribution in [0.3, 0.4) is 0 Å². The molecule has 2 rings (SSSR count). The number of piperidine rings is 1. The number of hydrogen-bond donors (Lipinski definition) is 0. The number of rotatable bonds is 1. The predicted molar refractivity (Wildman–Crippen MR) is 58.1 cm³/mol. The van der Waals surface area contributed by atoms with Crippen LogP contribution in [0.5, 0.6) is 0 Å². The van der Waals surface area contributed by atoms with Gasteiger partial charge in [0.05, 0.1) is 6.61 Å². The van der Waals surface area contributed by atoms with E-state index in [1.54, 1.807) is 0 Å². The third-order valence-electron chi connectivity index (χ3n) is 3.84. The molecule has 2 aliphatic heterocycles. The van der Waals surface area contributed by atoms with Gasteiger partial charge in [-0.2, -0.15) is 0 Å². The van der Waals surface area contributed by atoms with Gasteiger partial charge >= 0.3 is 0 Å². The van der Waals surface area contributed by atoms with E-state index in [4.69, 9.17) is 4.74 Å². The highest BCUT2D eigenvalue weighted by Gasteiger charge is 2.33. The molecule has 0 aliphatic carbocycles. The highest BCUT2D eigenvalue weighted by molar-refractivity contribution is 4.82. The van der Waals surface area contributed by atoms with Crippen LogP contribution < -0.4 is 0 Å². The van der Waals surface area contributed by atoms with Gasteiger partial charge in [0, 0.05) is 19.5 Å². The maximum Gasteiger partial charge on any atom is 0.112 e. The second-order valence-corrected chi connectivity index (χ2v) is 5.79. The summed E-state index contributed by atoms with van der Waals surface area (Å²) >= 11 is 0. The fraction of sp³-hybridized carbons (Fsp3) is 1.00. The highest BCUT2D eigenvalue weighted by Crippen LogP contribution is 2.35. The van der Waals surface area contributed by atoms with E-state index in [9.17, 15) is 0 Å². The first-order valence-corrected chi connectivity index (χ1v) is 5.93. The summed E-state index contributed by atoms with van der Waals surface area (Å²) in [5, 5.41) is 0. The Morgan fingerprint density at radius 3 is 2.00 bits per heavy atom. The van der Waals surface area contributed by atoms with Crippen LogP contribution in [0, 0.1) is 11.3 Å². The summed E-state index contributed by atoms with van der Waals surface area (Å²) < 4.78 is 5.52. The van der Waals surface area contributed by atoms with E-state index in [0.717, 1.165) is 12.5 Å². The Hall–Kier alpha value is -0.0800. The van der Waals surface area contributed by atoms with Gasteiger partial charge in [-0.25, -0.2) is 0 Å². The Balaban J connectivity index is 1.80. The second kappa shape index (κ2) is 3.82. The standard InChI is InChI=1S/C12H23NO/c1-12(2,3)10-4-7-13(8-5-10)11-6-9-14-11/h10-11H,4-9H2,1-3H3. The van der Waals surface area contributed by atoms with Crippen molar-refractivity contribution in [3.8, 4) is 0 Å². The SMILES string of the molecule is CC(C)(C)C1CCN(C2CCO2)CC1. The lowest BCUT2D eigenvalue weighted by molar-refractivity contribution is -0.154. The molecule has 0 saturated carbocycles. The fourth-order valence-corrected chi connectivity index (χ4v) is 2.56. The molecule has 0 N–H and O–H groups in total. The molecule has 2 heteroatoms. The average Bonchev–Trinajstić information content (AvgIpc) is 2.00. The van der Waals surface area contributed by atoms with Crippen molar-refractivity contribution in [2.75, 3.05) is 19.7 Å². The monoisotopic (exact) mass is 197 g/mol. The summed E-state index contributed by atoms with van der Waals surface area (Å²) in [4.78, 5) is 2.52. The number of ether oxygens (including phenoxy) is 1. The summed E-state index contributed by atoms with van der Waals surface area (Å²) in [6.45, 7) is 10.6. The van der Waals surface area contributed by atoms with Crippen molar-refractivity contribution < 1.29 is 4.74 Å². The molecule has 2 heterocycles. The zero-order chi connectivity index (χ0) is 10.2. The third-order valence-corrected chi connectivity index (χ3v) is 3.84. The Bertz CT molecular complexity index is 185. The molecule has 2 fully saturated rings. The smallest absolute Gasteiger partial charge is 0.112 e. The minimum Gasteiger partial charge on any atom is -0.363 e. The molecule has 1 unspecified atom stereocenters. The van der Waals surface area contributed by atoms with Crippen LogP contribution in [-0.4, -0.2) is 30.8 Å². The van der Waals surface area contributed by atoms with E-state index in [0.29, 0.717) is 11.6 Å². The third kappa shape index (κ3) is 2.12.